The third-order valence-electron chi connectivity index (χ3n) is 4.42. The molecule has 1 amide bonds. The van der Waals surface area contributed by atoms with Gasteiger partial charge >= 0.3 is 5.97 Å². The van der Waals surface area contributed by atoms with E-state index in [1.165, 1.54) is 40.2 Å². The second kappa shape index (κ2) is 6.34. The Morgan fingerprint density at radius 1 is 1.36 bits per heavy atom. The van der Waals surface area contributed by atoms with Gasteiger partial charge in [-0.15, -0.1) is 0 Å². The predicted molar refractivity (Wildman–Crippen MR) is 86.4 cm³/mol. The lowest BCUT2D eigenvalue weighted by molar-refractivity contribution is -0.384. The molecular formula is C16H16N4O5. The molecule has 1 saturated heterocycles. The Kier molecular flexibility index (Phi) is 4.22. The van der Waals surface area contributed by atoms with Crippen LogP contribution in [0, 0.1) is 22.0 Å². The predicted octanol–water partition coefficient (Wildman–Crippen LogP) is 1.57. The lowest BCUT2D eigenvalue weighted by Crippen LogP contribution is -2.30. The fourth-order valence-electron chi connectivity index (χ4n) is 3.06. The monoisotopic (exact) mass is 344 g/mol. The van der Waals surface area contributed by atoms with Crippen molar-refractivity contribution in [2.24, 2.45) is 11.8 Å². The van der Waals surface area contributed by atoms with Gasteiger partial charge in [-0.3, -0.25) is 19.7 Å². The fraction of sp³-hybridized carbons (Fsp3) is 0.312. The maximum Gasteiger partial charge on any atom is 0.308 e. The minimum absolute atomic E-state index is 0.104. The number of carboxylic acid groups (broad SMARTS) is 1. The van der Waals surface area contributed by atoms with E-state index >= 15 is 0 Å². The summed E-state index contributed by atoms with van der Waals surface area (Å²) >= 11 is 0. The third-order valence-corrected chi connectivity index (χ3v) is 4.42. The average molecular weight is 344 g/mol. The number of imidazole rings is 1. The minimum Gasteiger partial charge on any atom is -0.481 e. The van der Waals surface area contributed by atoms with Gasteiger partial charge < -0.3 is 14.6 Å². The number of nitro groups is 1. The van der Waals surface area contributed by atoms with Crippen molar-refractivity contribution in [1.82, 2.24) is 14.5 Å². The van der Waals surface area contributed by atoms with Gasteiger partial charge in [0.05, 0.1) is 17.2 Å². The molecule has 1 N–H and O–H groups in total. The molecule has 130 valence electrons. The lowest BCUT2D eigenvalue weighted by atomic mass is 9.99. The number of carboxylic acids is 1. The first-order chi connectivity index (χ1) is 11.9. The van der Waals surface area contributed by atoms with E-state index in [0.29, 0.717) is 12.2 Å². The SMILES string of the molecule is C[C@@H]1CN(C(=O)c2ccc(-n3ccnc3)c([N+](=O)[O-])c2)C[C@H]1C(=O)O. The summed E-state index contributed by atoms with van der Waals surface area (Å²) in [5.74, 6) is -2.13. The number of benzene rings is 1. The van der Waals surface area contributed by atoms with Gasteiger partial charge in [0.2, 0.25) is 0 Å². The van der Waals surface area contributed by atoms with Crippen molar-refractivity contribution < 1.29 is 19.6 Å². The zero-order valence-electron chi connectivity index (χ0n) is 13.4. The molecule has 1 aliphatic heterocycles. The minimum atomic E-state index is -0.941. The highest BCUT2D eigenvalue weighted by molar-refractivity contribution is 5.96. The van der Waals surface area contributed by atoms with Crippen LogP contribution in [-0.2, 0) is 4.79 Å². The van der Waals surface area contributed by atoms with Crippen molar-refractivity contribution in [1.29, 1.82) is 0 Å². The molecule has 1 aromatic heterocycles. The van der Waals surface area contributed by atoms with Crippen LogP contribution in [0.5, 0.6) is 0 Å². The Bertz CT molecular complexity index is 833. The highest BCUT2D eigenvalue weighted by Gasteiger charge is 2.37. The highest BCUT2D eigenvalue weighted by atomic mass is 16.6. The number of hydrogen-bond donors (Lipinski definition) is 1. The molecule has 1 aliphatic rings. The van der Waals surface area contributed by atoms with Gasteiger partial charge in [-0.05, 0) is 18.1 Å². The molecule has 0 unspecified atom stereocenters. The van der Waals surface area contributed by atoms with Crippen LogP contribution < -0.4 is 0 Å². The molecule has 9 heteroatoms. The first kappa shape index (κ1) is 16.6. The highest BCUT2D eigenvalue weighted by Crippen LogP contribution is 2.28. The van der Waals surface area contributed by atoms with Crippen LogP contribution >= 0.6 is 0 Å². The zero-order valence-corrected chi connectivity index (χ0v) is 13.4. The molecule has 0 spiro atoms. The van der Waals surface area contributed by atoms with Gasteiger partial charge in [0.15, 0.2) is 0 Å². The van der Waals surface area contributed by atoms with Crippen LogP contribution in [0.15, 0.2) is 36.9 Å². The first-order valence-electron chi connectivity index (χ1n) is 7.67. The Morgan fingerprint density at radius 3 is 2.68 bits per heavy atom. The molecule has 1 fully saturated rings. The number of likely N-dealkylation sites (tertiary alicyclic amines) is 1. The zero-order chi connectivity index (χ0) is 18.1. The Morgan fingerprint density at radius 2 is 2.12 bits per heavy atom. The topological polar surface area (TPSA) is 119 Å². The number of nitrogens with zero attached hydrogens (tertiary/aromatic N) is 4. The second-order valence-corrected chi connectivity index (χ2v) is 6.06. The average Bonchev–Trinajstić information content (AvgIpc) is 3.23. The second-order valence-electron chi connectivity index (χ2n) is 6.06. The number of carbonyl (C=O) groups excluding carboxylic acids is 1. The largest absolute Gasteiger partial charge is 0.481 e. The summed E-state index contributed by atoms with van der Waals surface area (Å²) in [6.07, 6.45) is 4.51. The number of carbonyl (C=O) groups is 2. The van der Waals surface area contributed by atoms with Gasteiger partial charge in [0.25, 0.3) is 11.6 Å². The Hall–Kier alpha value is -3.23. The molecular weight excluding hydrogens is 328 g/mol. The van der Waals surface area contributed by atoms with Crippen LogP contribution in [0.25, 0.3) is 5.69 Å². The van der Waals surface area contributed by atoms with E-state index in [0.717, 1.165) is 0 Å². The van der Waals surface area contributed by atoms with E-state index in [-0.39, 0.29) is 23.7 Å². The van der Waals surface area contributed by atoms with E-state index < -0.39 is 22.7 Å². The fourth-order valence-corrected chi connectivity index (χ4v) is 3.06. The van der Waals surface area contributed by atoms with Crippen LogP contribution in [-0.4, -0.2) is 49.4 Å². The molecule has 9 nitrogen and oxygen atoms in total. The van der Waals surface area contributed by atoms with Gasteiger partial charge in [0.1, 0.15) is 5.69 Å². The van der Waals surface area contributed by atoms with Crippen LogP contribution in [0.3, 0.4) is 0 Å². The van der Waals surface area contributed by atoms with Crippen molar-refractivity contribution in [3.8, 4) is 5.69 Å². The van der Waals surface area contributed by atoms with Crippen molar-refractivity contribution >= 4 is 17.6 Å². The maximum absolute atomic E-state index is 12.6. The molecule has 2 atom stereocenters. The van der Waals surface area contributed by atoms with E-state index in [9.17, 15) is 24.8 Å². The third kappa shape index (κ3) is 3.08. The number of nitro benzene ring substituents is 1. The molecule has 3 rings (SSSR count). The van der Waals surface area contributed by atoms with Crippen LogP contribution in [0.1, 0.15) is 17.3 Å². The lowest BCUT2D eigenvalue weighted by Gasteiger charge is -2.16. The number of aromatic nitrogens is 2. The summed E-state index contributed by atoms with van der Waals surface area (Å²) in [5.41, 5.74) is 0.247. The van der Waals surface area contributed by atoms with Crippen molar-refractivity contribution in [2.75, 3.05) is 13.1 Å². The molecule has 0 aliphatic carbocycles. The van der Waals surface area contributed by atoms with Gasteiger partial charge in [-0.2, -0.15) is 0 Å². The number of amides is 1. The molecule has 1 aromatic carbocycles. The van der Waals surface area contributed by atoms with Gasteiger partial charge in [-0.25, -0.2) is 4.98 Å². The normalized spacial score (nSPS) is 19.8. The Balaban J connectivity index is 1.91. The van der Waals surface area contributed by atoms with Gasteiger partial charge in [0, 0.05) is 37.1 Å². The van der Waals surface area contributed by atoms with Crippen molar-refractivity contribution in [3.63, 3.8) is 0 Å². The van der Waals surface area contributed by atoms with Crippen molar-refractivity contribution in [3.05, 3.63) is 52.6 Å². The molecule has 0 radical (unpaired) electrons. The van der Waals surface area contributed by atoms with E-state index in [4.69, 9.17) is 0 Å². The number of aliphatic carboxylic acids is 1. The summed E-state index contributed by atoms with van der Waals surface area (Å²) in [6, 6.07) is 4.21. The maximum atomic E-state index is 12.6. The molecule has 2 heterocycles. The molecule has 0 saturated carbocycles. The molecule has 2 aromatic rings. The van der Waals surface area contributed by atoms with E-state index in [1.54, 1.807) is 13.1 Å². The number of rotatable bonds is 4. The quantitative estimate of drug-likeness (QED) is 0.664. The molecule has 0 bridgehead atoms. The van der Waals surface area contributed by atoms with E-state index in [2.05, 4.69) is 4.98 Å². The summed E-state index contributed by atoms with van der Waals surface area (Å²) in [4.78, 5) is 39.9. The molecule has 25 heavy (non-hydrogen) atoms. The standard InChI is InChI=1S/C16H16N4O5/c1-10-7-19(8-12(10)16(22)23)15(21)11-2-3-13(14(6-11)20(24)25)18-5-4-17-9-18/h2-6,9-10,12H,7-8H2,1H3,(H,22,23)/t10-,12-/m1/s1. The van der Waals surface area contributed by atoms with E-state index in [1.807, 2.05) is 0 Å². The summed E-state index contributed by atoms with van der Waals surface area (Å²) in [6.45, 7) is 2.19. The summed E-state index contributed by atoms with van der Waals surface area (Å²) in [7, 11) is 0. The first-order valence-corrected chi connectivity index (χ1v) is 7.67. The van der Waals surface area contributed by atoms with Crippen LogP contribution in [0.2, 0.25) is 0 Å². The summed E-state index contributed by atoms with van der Waals surface area (Å²) in [5, 5.41) is 20.6. The summed E-state index contributed by atoms with van der Waals surface area (Å²) < 4.78 is 1.49. The van der Waals surface area contributed by atoms with Crippen molar-refractivity contribution in [2.45, 2.75) is 6.92 Å². The Labute approximate surface area is 142 Å². The van der Waals surface area contributed by atoms with Crippen LogP contribution in [0.4, 0.5) is 5.69 Å². The number of hydrogen-bond acceptors (Lipinski definition) is 5. The van der Waals surface area contributed by atoms with Gasteiger partial charge in [-0.1, -0.05) is 6.92 Å². The smallest absolute Gasteiger partial charge is 0.308 e.